The molecule has 16 heteroatoms. The van der Waals surface area contributed by atoms with E-state index in [1.807, 2.05) is 97.1 Å². The maximum absolute atomic E-state index is 5.36. The molecule has 0 spiro atoms. The Kier molecular flexibility index (Phi) is 28.5. The molecular weight excluding hydrogens is 2050 g/mol. The second-order valence-corrected chi connectivity index (χ2v) is 31.3. The average Bonchev–Trinajstić information content (AvgIpc) is 1.60. The summed E-state index contributed by atoms with van der Waals surface area (Å²) in [6.45, 7) is 0. The Morgan fingerprint density at radius 1 is 0.271 bits per heavy atom. The fourth-order valence-electron chi connectivity index (χ4n) is 13.0. The van der Waals surface area contributed by atoms with Gasteiger partial charge in [0, 0.05) is 118 Å². The lowest BCUT2D eigenvalue weighted by atomic mass is 10.1. The van der Waals surface area contributed by atoms with E-state index in [1.165, 1.54) is 103 Å². The van der Waals surface area contributed by atoms with Gasteiger partial charge in [0.1, 0.15) is 0 Å². The highest BCUT2D eigenvalue weighted by atomic mass is 127. The van der Waals surface area contributed by atoms with Crippen LogP contribution in [0.1, 0.15) is 12.6 Å². The van der Waals surface area contributed by atoms with Gasteiger partial charge in [0.05, 0.1) is 33.1 Å². The fraction of sp³-hybridized carbons (Fsp3) is 0.0110. The first-order valence-electron chi connectivity index (χ1n) is 33.6. The van der Waals surface area contributed by atoms with Crippen LogP contribution in [0, 0.1) is 3.57 Å². The number of halogens is 9. The molecule has 0 atom stereocenters. The van der Waals surface area contributed by atoms with Gasteiger partial charge < -0.3 is 30.1 Å². The molecule has 529 valence electrons. The van der Waals surface area contributed by atoms with E-state index in [-0.39, 0.29) is 57.8 Å². The van der Waals surface area contributed by atoms with Crippen molar-refractivity contribution in [1.82, 2.24) is 13.7 Å². The van der Waals surface area contributed by atoms with Crippen LogP contribution in [0.2, 0.25) is 0 Å². The number of hydrogen-bond acceptors (Lipinski definition) is 3. The number of benzene rings is 15. The number of nitrogen functional groups attached to an aromatic ring is 1. The molecule has 0 unspecified atom stereocenters. The monoisotopic (exact) mass is 2110 g/mol. The Morgan fingerprint density at radius 3 is 0.785 bits per heavy atom. The number of nitrogens with two attached hydrogens (primary N) is 1. The van der Waals surface area contributed by atoms with Crippen LogP contribution in [0.5, 0.6) is 0 Å². The highest BCUT2D eigenvalue weighted by molar-refractivity contribution is 14.1. The van der Waals surface area contributed by atoms with Gasteiger partial charge in [-0.2, -0.15) is 0 Å². The zero-order chi connectivity index (χ0) is 71.5. The SMILES string of the molecule is Brc1ccc2c(c1)-c1cc(Br)ccc1C2.Brc1ccc2c(c1)c1cc(Br)ccc1n2-c1ccccc1.Brc1ccc2c(c1)c1cc(Br)ccc1n2-c1ccccc1.I.I.Ic1ccccc1.Nc1ccccc1.[B].[HH].c1ccc(Nc2ccc3c(c2)c2cc(Nc4ccccc4)ccc2n3-c2ccccc2)cc1. The maximum atomic E-state index is 5.36. The van der Waals surface area contributed by atoms with Crippen molar-refractivity contribution in [3.05, 3.63) is 399 Å². The summed E-state index contributed by atoms with van der Waals surface area (Å²) in [6.07, 6.45) is 1.06. The fourth-order valence-corrected chi connectivity index (χ4v) is 15.6. The molecule has 3 heterocycles. The molecular formula is C91H69BBr6I3N6. The van der Waals surface area contributed by atoms with Crippen LogP contribution in [-0.4, -0.2) is 22.1 Å². The standard InChI is InChI=1S/C30H23N3.2C18H11Br2N.C13H8Br2.C6H5I.C6H7N.B.2HI.H2/c1-4-10-22(11-5-1)31-24-16-18-29-27(20-24)28-21-25(32-23-12-6-2-7-13-23)17-19-30(28)33(29)26-14-8-3-9-15-26;2*19-12-6-8-17-15(10-12)16-11-13(20)7-9-18(16)21(17)14-4-2-1-3-5-14;14-10-3-1-8-5-9-2-4-11(15)7-13(9)12(8)6-10;2*7-6-4-2-1-3-5-6;;;;/h1-21,31-32H;2*1-11H;1-4,6-7H,5H2;1-5H;1-5H,7H2;;3*1H. The van der Waals surface area contributed by atoms with E-state index in [1.54, 1.807) is 0 Å². The first-order valence-corrected chi connectivity index (χ1v) is 39.4. The summed E-state index contributed by atoms with van der Waals surface area (Å²) in [7, 11) is 0. The molecule has 0 fully saturated rings. The number of para-hydroxylation sites is 6. The number of aromatic nitrogens is 3. The Balaban J connectivity index is 0.000000147. The van der Waals surface area contributed by atoms with E-state index in [9.17, 15) is 0 Å². The van der Waals surface area contributed by atoms with Crippen LogP contribution >= 0.6 is 166 Å². The van der Waals surface area contributed by atoms with Gasteiger partial charge >= 0.3 is 0 Å². The summed E-state index contributed by atoms with van der Waals surface area (Å²) in [5.74, 6) is 0. The van der Waals surface area contributed by atoms with Gasteiger partial charge in [0.15, 0.2) is 0 Å². The summed E-state index contributed by atoms with van der Waals surface area (Å²) in [5, 5.41) is 14.5. The number of anilines is 5. The Bertz CT molecular complexity index is 5540. The first kappa shape index (κ1) is 80.3. The van der Waals surface area contributed by atoms with Crippen molar-refractivity contribution in [2.75, 3.05) is 16.4 Å². The molecule has 0 amide bonds. The molecule has 0 saturated heterocycles. The summed E-state index contributed by atoms with van der Waals surface area (Å²) in [4.78, 5) is 0. The van der Waals surface area contributed by atoms with E-state index < -0.39 is 0 Å². The van der Waals surface area contributed by atoms with Gasteiger partial charge in [-0.25, -0.2) is 0 Å². The van der Waals surface area contributed by atoms with Gasteiger partial charge in [-0.05, 0) is 270 Å². The predicted molar refractivity (Wildman–Crippen MR) is 511 cm³/mol. The average molecular weight is 2120 g/mol. The van der Waals surface area contributed by atoms with Gasteiger partial charge in [0.25, 0.3) is 0 Å². The van der Waals surface area contributed by atoms with Crippen molar-refractivity contribution in [2.45, 2.75) is 6.42 Å². The third-order valence-corrected chi connectivity index (χ3v) is 21.3. The van der Waals surface area contributed by atoms with Gasteiger partial charge in [-0.1, -0.05) is 235 Å². The molecule has 1 aliphatic rings. The van der Waals surface area contributed by atoms with Crippen LogP contribution in [0.15, 0.2) is 385 Å². The number of rotatable bonds is 7. The molecule has 0 bridgehead atoms. The molecule has 0 saturated carbocycles. The first-order chi connectivity index (χ1) is 50.8. The molecule has 6 nitrogen and oxygen atoms in total. The molecule has 15 aromatic carbocycles. The normalized spacial score (nSPS) is 10.7. The van der Waals surface area contributed by atoms with E-state index in [2.05, 4.69) is 403 Å². The third kappa shape index (κ3) is 19.5. The lowest BCUT2D eigenvalue weighted by molar-refractivity contribution is 1.18. The van der Waals surface area contributed by atoms with Crippen LogP contribution in [-0.2, 0) is 6.42 Å². The molecule has 4 N–H and O–H groups in total. The molecule has 3 aromatic heterocycles. The predicted octanol–water partition coefficient (Wildman–Crippen LogP) is 30.3. The van der Waals surface area contributed by atoms with Crippen LogP contribution < -0.4 is 16.4 Å². The van der Waals surface area contributed by atoms with Gasteiger partial charge in [0.2, 0.25) is 0 Å². The second-order valence-electron chi connectivity index (χ2n) is 24.6. The number of hydrogen-bond donors (Lipinski definition) is 3. The Morgan fingerprint density at radius 2 is 0.514 bits per heavy atom. The van der Waals surface area contributed by atoms with Gasteiger partial charge in [-0.15, -0.1) is 48.0 Å². The second kappa shape index (κ2) is 38.0. The molecule has 0 aliphatic heterocycles. The molecule has 19 rings (SSSR count). The molecule has 3 radical (unpaired) electrons. The number of fused-ring (bicyclic) bond motifs is 12. The van der Waals surface area contributed by atoms with E-state index in [0.29, 0.717) is 0 Å². The smallest absolute Gasteiger partial charge is 0.0542 e. The van der Waals surface area contributed by atoms with E-state index >= 15 is 0 Å². The summed E-state index contributed by atoms with van der Waals surface area (Å²) in [5.41, 5.74) is 26.8. The Hall–Kier alpha value is -7.77. The number of nitrogens with zero attached hydrogens (tertiary/aromatic N) is 3. The van der Waals surface area contributed by atoms with E-state index in [4.69, 9.17) is 5.73 Å². The number of nitrogens with one attached hydrogen (secondary N) is 2. The zero-order valence-corrected chi connectivity index (χ0v) is 73.6. The van der Waals surface area contributed by atoms with Crippen molar-refractivity contribution >= 4 is 268 Å². The van der Waals surface area contributed by atoms with Crippen molar-refractivity contribution in [2.24, 2.45) is 0 Å². The summed E-state index contributed by atoms with van der Waals surface area (Å²) < 4.78 is 14.9. The lowest BCUT2D eigenvalue weighted by Crippen LogP contribution is -1.94. The zero-order valence-electron chi connectivity index (χ0n) is 57.2. The minimum absolute atomic E-state index is 0. The van der Waals surface area contributed by atoms with Crippen molar-refractivity contribution < 1.29 is 1.43 Å². The topological polar surface area (TPSA) is 64.9 Å². The van der Waals surface area contributed by atoms with E-state index in [0.717, 1.165) is 67.4 Å². The largest absolute Gasteiger partial charge is 0.399 e. The van der Waals surface area contributed by atoms with Crippen LogP contribution in [0.3, 0.4) is 0 Å². The minimum atomic E-state index is 0. The maximum Gasteiger partial charge on any atom is 0.0542 e. The minimum Gasteiger partial charge on any atom is -0.399 e. The quantitative estimate of drug-likeness (QED) is 0.0846. The van der Waals surface area contributed by atoms with Crippen molar-refractivity contribution in [3.63, 3.8) is 0 Å². The van der Waals surface area contributed by atoms with Crippen molar-refractivity contribution in [1.29, 1.82) is 0 Å². The third-order valence-electron chi connectivity index (χ3n) is 17.7. The lowest BCUT2D eigenvalue weighted by Gasteiger charge is -2.09. The molecule has 18 aromatic rings. The summed E-state index contributed by atoms with van der Waals surface area (Å²) in [6, 6.07) is 124. The molecule has 1 aliphatic carbocycles. The highest BCUT2D eigenvalue weighted by Crippen LogP contribution is 2.42. The Labute approximate surface area is 725 Å². The van der Waals surface area contributed by atoms with Crippen LogP contribution in [0.25, 0.3) is 93.6 Å². The van der Waals surface area contributed by atoms with Crippen LogP contribution in [0.4, 0.5) is 28.4 Å². The summed E-state index contributed by atoms with van der Waals surface area (Å²) >= 11 is 23.7. The van der Waals surface area contributed by atoms with Gasteiger partial charge in [-0.3, -0.25) is 0 Å². The van der Waals surface area contributed by atoms with Crippen molar-refractivity contribution in [3.8, 4) is 28.2 Å². The molecule has 107 heavy (non-hydrogen) atoms. The highest BCUT2D eigenvalue weighted by Gasteiger charge is 2.20.